The number of aryl methyl sites for hydroxylation is 2. The van der Waals surface area contributed by atoms with Crippen LogP contribution in [0.4, 0.5) is 0 Å². The second kappa shape index (κ2) is 5.33. The number of carbonyl (C=O) groups is 2. The van der Waals surface area contributed by atoms with Crippen molar-refractivity contribution < 1.29 is 19.1 Å². The smallest absolute Gasteiger partial charge is 0.330 e. The van der Waals surface area contributed by atoms with Gasteiger partial charge >= 0.3 is 5.97 Å². The van der Waals surface area contributed by atoms with Gasteiger partial charge in [0.25, 0.3) is 0 Å². The lowest BCUT2D eigenvalue weighted by Crippen LogP contribution is -2.41. The third-order valence-corrected chi connectivity index (χ3v) is 3.96. The van der Waals surface area contributed by atoms with Crippen molar-refractivity contribution >= 4 is 22.8 Å². The zero-order valence-electron chi connectivity index (χ0n) is 12.5. The van der Waals surface area contributed by atoms with Crippen molar-refractivity contribution in [1.29, 1.82) is 0 Å². The predicted octanol–water partition coefficient (Wildman–Crippen LogP) is 2.44. The molecule has 114 valence electrons. The summed E-state index contributed by atoms with van der Waals surface area (Å²) >= 11 is 0. The van der Waals surface area contributed by atoms with Crippen LogP contribution in [-0.2, 0) is 16.0 Å². The average Bonchev–Trinajstić information content (AvgIpc) is 3.05. The van der Waals surface area contributed by atoms with E-state index in [1.807, 2.05) is 26.0 Å². The third kappa shape index (κ3) is 2.39. The van der Waals surface area contributed by atoms with Crippen LogP contribution in [0.3, 0.4) is 0 Å². The topological polar surface area (TPSA) is 70.8 Å². The van der Waals surface area contributed by atoms with E-state index in [0.717, 1.165) is 27.7 Å². The molecule has 0 radical (unpaired) electrons. The number of hydrogen-bond donors (Lipinski definition) is 1. The highest BCUT2D eigenvalue weighted by Gasteiger charge is 2.30. The second-order valence-corrected chi connectivity index (χ2v) is 5.65. The predicted molar refractivity (Wildman–Crippen MR) is 81.7 cm³/mol. The number of carboxylic acids is 1. The first-order chi connectivity index (χ1) is 10.5. The van der Waals surface area contributed by atoms with E-state index in [0.29, 0.717) is 6.54 Å². The minimum atomic E-state index is -1.01. The average molecular weight is 299 g/mol. The summed E-state index contributed by atoms with van der Waals surface area (Å²) in [6, 6.07) is 3.12. The number of carbonyl (C=O) groups excluding carboxylic acids is 1. The Balaban J connectivity index is 1.88. The van der Waals surface area contributed by atoms with Crippen LogP contribution in [0.2, 0.25) is 0 Å². The maximum atomic E-state index is 12.4. The molecule has 0 saturated carbocycles. The van der Waals surface area contributed by atoms with Crippen molar-refractivity contribution in [2.24, 2.45) is 0 Å². The molecule has 5 heteroatoms. The van der Waals surface area contributed by atoms with Crippen molar-refractivity contribution in [3.63, 3.8) is 0 Å². The SMILES string of the molecule is Cc1cc(C)c2c(CC(=O)N3CC=C[C@@H]3C(=O)O)coc2c1. The summed E-state index contributed by atoms with van der Waals surface area (Å²) in [4.78, 5) is 25.0. The highest BCUT2D eigenvalue weighted by Crippen LogP contribution is 2.27. The summed E-state index contributed by atoms with van der Waals surface area (Å²) in [5.74, 6) is -1.22. The highest BCUT2D eigenvalue weighted by molar-refractivity contribution is 5.92. The van der Waals surface area contributed by atoms with Gasteiger partial charge in [0.2, 0.25) is 5.91 Å². The van der Waals surface area contributed by atoms with Crippen molar-refractivity contribution in [3.05, 3.63) is 47.2 Å². The first-order valence-electron chi connectivity index (χ1n) is 7.13. The number of carboxylic acid groups (broad SMARTS) is 1. The van der Waals surface area contributed by atoms with Gasteiger partial charge in [-0.05, 0) is 31.0 Å². The molecule has 2 aromatic rings. The van der Waals surface area contributed by atoms with Gasteiger partial charge in [0.1, 0.15) is 11.6 Å². The van der Waals surface area contributed by atoms with Gasteiger partial charge in [0, 0.05) is 17.5 Å². The Morgan fingerprint density at radius 1 is 1.36 bits per heavy atom. The molecule has 0 spiro atoms. The molecule has 1 aliphatic rings. The van der Waals surface area contributed by atoms with E-state index in [9.17, 15) is 9.59 Å². The number of benzene rings is 1. The molecule has 0 fully saturated rings. The molecule has 0 unspecified atom stereocenters. The van der Waals surface area contributed by atoms with Crippen LogP contribution >= 0.6 is 0 Å². The molecular formula is C17H17NO4. The molecule has 1 amide bonds. The van der Waals surface area contributed by atoms with Gasteiger partial charge in [-0.15, -0.1) is 0 Å². The summed E-state index contributed by atoms with van der Waals surface area (Å²) in [5, 5.41) is 10.1. The number of furan rings is 1. The van der Waals surface area contributed by atoms with Gasteiger partial charge in [-0.3, -0.25) is 4.79 Å². The van der Waals surface area contributed by atoms with Crippen LogP contribution in [0.1, 0.15) is 16.7 Å². The van der Waals surface area contributed by atoms with Crippen LogP contribution in [0.15, 0.2) is 35.0 Å². The number of hydrogen-bond acceptors (Lipinski definition) is 3. The van der Waals surface area contributed by atoms with Crippen LogP contribution < -0.4 is 0 Å². The van der Waals surface area contributed by atoms with E-state index in [-0.39, 0.29) is 12.3 Å². The fourth-order valence-electron chi connectivity index (χ4n) is 3.01. The normalized spacial score (nSPS) is 17.4. The number of rotatable bonds is 3. The number of fused-ring (bicyclic) bond motifs is 1. The molecule has 2 heterocycles. The lowest BCUT2D eigenvalue weighted by atomic mass is 10.0. The Morgan fingerprint density at radius 3 is 2.86 bits per heavy atom. The van der Waals surface area contributed by atoms with Gasteiger partial charge < -0.3 is 14.4 Å². The molecule has 3 rings (SSSR count). The fraction of sp³-hybridized carbons (Fsp3) is 0.294. The van der Waals surface area contributed by atoms with E-state index < -0.39 is 12.0 Å². The Labute approximate surface area is 127 Å². The second-order valence-electron chi connectivity index (χ2n) is 5.65. The standard InChI is InChI=1S/C17H17NO4/c1-10-6-11(2)16-12(9-22-14(16)7-10)8-15(19)18-5-3-4-13(18)17(20)21/h3-4,6-7,9,13H,5,8H2,1-2H3,(H,20,21)/t13-/m1/s1. The van der Waals surface area contributed by atoms with Gasteiger partial charge in [0.05, 0.1) is 12.7 Å². The molecule has 22 heavy (non-hydrogen) atoms. The van der Waals surface area contributed by atoms with E-state index in [1.54, 1.807) is 18.4 Å². The van der Waals surface area contributed by atoms with Crippen molar-refractivity contribution in [1.82, 2.24) is 4.90 Å². The molecule has 1 aromatic carbocycles. The minimum Gasteiger partial charge on any atom is -0.479 e. The van der Waals surface area contributed by atoms with Crippen LogP contribution in [0.5, 0.6) is 0 Å². The van der Waals surface area contributed by atoms with Crippen molar-refractivity contribution in [3.8, 4) is 0 Å². The largest absolute Gasteiger partial charge is 0.479 e. The van der Waals surface area contributed by atoms with Crippen molar-refractivity contribution in [2.75, 3.05) is 6.54 Å². The lowest BCUT2D eigenvalue weighted by molar-refractivity contribution is -0.146. The Morgan fingerprint density at radius 2 is 2.14 bits per heavy atom. The zero-order valence-corrected chi connectivity index (χ0v) is 12.5. The van der Waals surface area contributed by atoms with E-state index in [1.165, 1.54) is 4.90 Å². The summed E-state index contributed by atoms with van der Waals surface area (Å²) in [5.41, 5.74) is 3.72. The Bertz CT molecular complexity index is 787. The Hall–Kier alpha value is -2.56. The quantitative estimate of drug-likeness (QED) is 0.884. The molecule has 1 aliphatic heterocycles. The third-order valence-electron chi connectivity index (χ3n) is 3.96. The summed E-state index contributed by atoms with van der Waals surface area (Å²) < 4.78 is 5.55. The first kappa shape index (κ1) is 14.4. The summed E-state index contributed by atoms with van der Waals surface area (Å²) in [7, 11) is 0. The van der Waals surface area contributed by atoms with Gasteiger partial charge in [-0.2, -0.15) is 0 Å². The van der Waals surface area contributed by atoms with Crippen LogP contribution in [0, 0.1) is 13.8 Å². The Kier molecular flexibility index (Phi) is 3.48. The molecule has 5 nitrogen and oxygen atoms in total. The monoisotopic (exact) mass is 299 g/mol. The summed E-state index contributed by atoms with van der Waals surface area (Å²) in [6.45, 7) is 4.31. The molecular weight excluding hydrogens is 282 g/mol. The molecule has 1 aromatic heterocycles. The van der Waals surface area contributed by atoms with Crippen molar-refractivity contribution in [2.45, 2.75) is 26.3 Å². The molecule has 0 saturated heterocycles. The lowest BCUT2D eigenvalue weighted by Gasteiger charge is -2.21. The summed E-state index contributed by atoms with van der Waals surface area (Å²) in [6.07, 6.45) is 4.98. The van der Waals surface area contributed by atoms with Crippen LogP contribution in [0.25, 0.3) is 11.0 Å². The number of nitrogens with zero attached hydrogens (tertiary/aromatic N) is 1. The maximum Gasteiger partial charge on any atom is 0.330 e. The molecule has 1 N–H and O–H groups in total. The highest BCUT2D eigenvalue weighted by atomic mass is 16.4. The number of amides is 1. The fourth-order valence-corrected chi connectivity index (χ4v) is 3.01. The van der Waals surface area contributed by atoms with Gasteiger partial charge in [-0.1, -0.05) is 18.2 Å². The van der Waals surface area contributed by atoms with Gasteiger partial charge in [-0.25, -0.2) is 4.79 Å². The number of aliphatic carboxylic acids is 1. The first-order valence-corrected chi connectivity index (χ1v) is 7.13. The van der Waals surface area contributed by atoms with E-state index in [4.69, 9.17) is 9.52 Å². The van der Waals surface area contributed by atoms with E-state index in [2.05, 4.69) is 0 Å². The van der Waals surface area contributed by atoms with E-state index >= 15 is 0 Å². The molecule has 0 aliphatic carbocycles. The van der Waals surface area contributed by atoms with Gasteiger partial charge in [0.15, 0.2) is 0 Å². The van der Waals surface area contributed by atoms with Crippen LogP contribution in [-0.4, -0.2) is 34.5 Å². The minimum absolute atomic E-state index is 0.141. The molecule has 0 bridgehead atoms. The molecule has 1 atom stereocenters. The zero-order chi connectivity index (χ0) is 15.9. The maximum absolute atomic E-state index is 12.4.